The second-order valence-corrected chi connectivity index (χ2v) is 15.2. The molecular formula is C44H87NO5. The zero-order chi connectivity index (χ0) is 36.6. The largest absolute Gasteiger partial charge is 0.466 e. The Kier molecular flexibility index (Phi) is 39.7. The summed E-state index contributed by atoms with van der Waals surface area (Å²) in [6.45, 7) is 10.8. The van der Waals surface area contributed by atoms with Crippen molar-refractivity contribution in [1.29, 1.82) is 0 Å². The van der Waals surface area contributed by atoms with E-state index in [1.165, 1.54) is 116 Å². The highest BCUT2D eigenvalue weighted by Gasteiger charge is 2.19. The Morgan fingerprint density at radius 3 is 1.32 bits per heavy atom. The molecule has 0 heterocycles. The van der Waals surface area contributed by atoms with Gasteiger partial charge in [0, 0.05) is 13.0 Å². The minimum absolute atomic E-state index is 0.0260. The predicted molar refractivity (Wildman–Crippen MR) is 214 cm³/mol. The number of aliphatic hydroxyl groups excluding tert-OH is 1. The number of nitrogens with zero attached hydrogens (tertiary/aromatic N) is 1. The highest BCUT2D eigenvalue weighted by Crippen LogP contribution is 2.21. The fourth-order valence-electron chi connectivity index (χ4n) is 6.91. The van der Waals surface area contributed by atoms with Gasteiger partial charge in [-0.15, -0.1) is 0 Å². The molecule has 0 saturated heterocycles. The highest BCUT2D eigenvalue weighted by molar-refractivity contribution is 5.72. The van der Waals surface area contributed by atoms with Crippen molar-refractivity contribution in [2.24, 2.45) is 5.92 Å². The predicted octanol–water partition coefficient (Wildman–Crippen LogP) is 12.5. The van der Waals surface area contributed by atoms with E-state index in [-0.39, 0.29) is 24.5 Å². The van der Waals surface area contributed by atoms with E-state index in [4.69, 9.17) is 9.47 Å². The van der Waals surface area contributed by atoms with E-state index in [1.54, 1.807) is 0 Å². The quantitative estimate of drug-likeness (QED) is 0.0503. The van der Waals surface area contributed by atoms with Crippen LogP contribution < -0.4 is 0 Å². The van der Waals surface area contributed by atoms with Crippen molar-refractivity contribution in [2.75, 3.05) is 39.5 Å². The van der Waals surface area contributed by atoms with Gasteiger partial charge >= 0.3 is 11.9 Å². The first-order valence-corrected chi connectivity index (χ1v) is 22.2. The molecule has 0 radical (unpaired) electrons. The second kappa shape index (κ2) is 40.6. The Bertz CT molecular complexity index is 686. The lowest BCUT2D eigenvalue weighted by Gasteiger charge is -2.21. The van der Waals surface area contributed by atoms with Crippen LogP contribution >= 0.6 is 0 Å². The van der Waals surface area contributed by atoms with Gasteiger partial charge in [-0.2, -0.15) is 0 Å². The molecule has 0 rings (SSSR count). The molecule has 298 valence electrons. The number of rotatable bonds is 41. The highest BCUT2D eigenvalue weighted by atomic mass is 16.5. The lowest BCUT2D eigenvalue weighted by atomic mass is 9.94. The van der Waals surface area contributed by atoms with Crippen molar-refractivity contribution in [3.05, 3.63) is 0 Å². The zero-order valence-electron chi connectivity index (χ0n) is 34.0. The molecule has 0 aromatic carbocycles. The SMILES string of the molecule is CCCCCCCCCCCC(=O)OCCCCCCCN(CCO)CCCCCOC(=O)C(CCCCCCCC)CCCCCCCC. The Hall–Kier alpha value is -1.14. The van der Waals surface area contributed by atoms with Crippen molar-refractivity contribution in [1.82, 2.24) is 4.90 Å². The molecule has 0 atom stereocenters. The molecule has 0 fully saturated rings. The van der Waals surface area contributed by atoms with Crippen LogP contribution in [0.3, 0.4) is 0 Å². The van der Waals surface area contributed by atoms with Gasteiger partial charge in [0.25, 0.3) is 0 Å². The van der Waals surface area contributed by atoms with Gasteiger partial charge in [-0.25, -0.2) is 0 Å². The van der Waals surface area contributed by atoms with Crippen LogP contribution in [-0.2, 0) is 19.1 Å². The molecule has 0 amide bonds. The molecular weight excluding hydrogens is 622 g/mol. The van der Waals surface area contributed by atoms with Crippen molar-refractivity contribution in [3.63, 3.8) is 0 Å². The summed E-state index contributed by atoms with van der Waals surface area (Å²) in [5, 5.41) is 9.55. The topological polar surface area (TPSA) is 76.1 Å². The molecule has 0 aliphatic heterocycles. The third kappa shape index (κ3) is 35.3. The molecule has 50 heavy (non-hydrogen) atoms. The molecule has 1 N–H and O–H groups in total. The number of hydrogen-bond donors (Lipinski definition) is 1. The van der Waals surface area contributed by atoms with Gasteiger partial charge in [0.15, 0.2) is 0 Å². The monoisotopic (exact) mass is 710 g/mol. The third-order valence-electron chi connectivity index (χ3n) is 10.3. The van der Waals surface area contributed by atoms with E-state index in [0.717, 1.165) is 103 Å². The van der Waals surface area contributed by atoms with E-state index in [2.05, 4.69) is 25.7 Å². The minimum atomic E-state index is -0.0260. The average molecular weight is 710 g/mol. The molecule has 0 aromatic heterocycles. The Morgan fingerprint density at radius 1 is 0.460 bits per heavy atom. The molecule has 0 saturated carbocycles. The van der Waals surface area contributed by atoms with Crippen LogP contribution in [0.25, 0.3) is 0 Å². The molecule has 0 unspecified atom stereocenters. The molecule has 0 aliphatic carbocycles. The lowest BCUT2D eigenvalue weighted by molar-refractivity contribution is -0.149. The van der Waals surface area contributed by atoms with E-state index < -0.39 is 0 Å². The van der Waals surface area contributed by atoms with Gasteiger partial charge in [0.05, 0.1) is 25.7 Å². The molecule has 6 heteroatoms. The average Bonchev–Trinajstić information content (AvgIpc) is 3.11. The maximum atomic E-state index is 13.0. The summed E-state index contributed by atoms with van der Waals surface area (Å²) in [6.07, 6.45) is 37.6. The van der Waals surface area contributed by atoms with Crippen molar-refractivity contribution in [3.8, 4) is 0 Å². The van der Waals surface area contributed by atoms with Gasteiger partial charge in [-0.05, 0) is 64.5 Å². The van der Waals surface area contributed by atoms with E-state index in [0.29, 0.717) is 19.6 Å². The maximum Gasteiger partial charge on any atom is 0.308 e. The minimum Gasteiger partial charge on any atom is -0.466 e. The van der Waals surface area contributed by atoms with Crippen LogP contribution in [0.5, 0.6) is 0 Å². The summed E-state index contributed by atoms with van der Waals surface area (Å²) in [6, 6.07) is 0. The maximum absolute atomic E-state index is 13.0. The van der Waals surface area contributed by atoms with Crippen LogP contribution in [-0.4, -0.2) is 61.4 Å². The summed E-state index contributed by atoms with van der Waals surface area (Å²) >= 11 is 0. The van der Waals surface area contributed by atoms with Crippen molar-refractivity contribution >= 4 is 11.9 Å². The smallest absolute Gasteiger partial charge is 0.308 e. The van der Waals surface area contributed by atoms with Crippen molar-refractivity contribution in [2.45, 2.75) is 226 Å². The summed E-state index contributed by atoms with van der Waals surface area (Å²) in [4.78, 5) is 27.3. The molecule has 0 aromatic rings. The second-order valence-electron chi connectivity index (χ2n) is 15.2. The summed E-state index contributed by atoms with van der Waals surface area (Å²) in [5.74, 6) is 0.0972. The van der Waals surface area contributed by atoms with Crippen molar-refractivity contribution < 1.29 is 24.2 Å². The fourth-order valence-corrected chi connectivity index (χ4v) is 6.91. The van der Waals surface area contributed by atoms with Crippen LogP contribution in [0, 0.1) is 5.92 Å². The van der Waals surface area contributed by atoms with Gasteiger partial charge in [0.2, 0.25) is 0 Å². The third-order valence-corrected chi connectivity index (χ3v) is 10.3. The normalized spacial score (nSPS) is 11.6. The first kappa shape index (κ1) is 48.9. The van der Waals surface area contributed by atoms with Gasteiger partial charge in [0.1, 0.15) is 0 Å². The van der Waals surface area contributed by atoms with Crippen LogP contribution in [0.1, 0.15) is 226 Å². The van der Waals surface area contributed by atoms with Crippen LogP contribution in [0.2, 0.25) is 0 Å². The van der Waals surface area contributed by atoms with E-state index in [9.17, 15) is 14.7 Å². The first-order chi connectivity index (χ1) is 24.6. The number of carbonyl (C=O) groups excluding carboxylic acids is 2. The molecule has 0 bridgehead atoms. The Morgan fingerprint density at radius 2 is 0.840 bits per heavy atom. The summed E-state index contributed by atoms with van der Waals surface area (Å²) < 4.78 is 11.3. The van der Waals surface area contributed by atoms with E-state index in [1.807, 2.05) is 0 Å². The lowest BCUT2D eigenvalue weighted by Crippen LogP contribution is -2.29. The van der Waals surface area contributed by atoms with Gasteiger partial charge < -0.3 is 19.5 Å². The van der Waals surface area contributed by atoms with Crippen LogP contribution in [0.4, 0.5) is 0 Å². The van der Waals surface area contributed by atoms with Gasteiger partial charge in [-0.3, -0.25) is 9.59 Å². The molecule has 6 nitrogen and oxygen atoms in total. The molecule has 0 aliphatic rings. The Balaban J connectivity index is 3.96. The number of aliphatic hydroxyl groups is 1. The zero-order valence-corrected chi connectivity index (χ0v) is 34.0. The van der Waals surface area contributed by atoms with E-state index >= 15 is 0 Å². The molecule has 0 spiro atoms. The number of esters is 2. The van der Waals surface area contributed by atoms with Gasteiger partial charge in [-0.1, -0.05) is 168 Å². The number of carbonyl (C=O) groups is 2. The number of hydrogen-bond acceptors (Lipinski definition) is 6. The standard InChI is InChI=1S/C44H87NO5/c1-4-7-10-13-16-17-18-22-28-35-43(47)49-40-31-24-19-23-29-36-45(38-39-46)37-30-25-32-41-50-44(48)42(33-26-20-14-11-8-5-2)34-27-21-15-12-9-6-3/h42,46H,4-41H2,1-3H3. The summed E-state index contributed by atoms with van der Waals surface area (Å²) in [5.41, 5.74) is 0. The number of ether oxygens (including phenoxy) is 2. The first-order valence-electron chi connectivity index (χ1n) is 22.2. The Labute approximate surface area is 312 Å². The number of unbranched alkanes of at least 4 members (excludes halogenated alkanes) is 24. The fraction of sp³-hybridized carbons (Fsp3) is 0.955. The van der Waals surface area contributed by atoms with Crippen LogP contribution in [0.15, 0.2) is 0 Å². The summed E-state index contributed by atoms with van der Waals surface area (Å²) in [7, 11) is 0.